The molecule has 1 aromatic carbocycles. The lowest BCUT2D eigenvalue weighted by Gasteiger charge is -2.20. The van der Waals surface area contributed by atoms with Crippen molar-refractivity contribution in [2.45, 2.75) is 59.0 Å². The van der Waals surface area contributed by atoms with Crippen LogP contribution in [-0.4, -0.2) is 38.4 Å². The number of hydrogen-bond donors (Lipinski definition) is 2. The third-order valence-corrected chi connectivity index (χ3v) is 4.34. The summed E-state index contributed by atoms with van der Waals surface area (Å²) >= 11 is 3.57. The third-order valence-electron chi connectivity index (χ3n) is 3.72. The molecular weight excluding hydrogens is 396 g/mol. The highest BCUT2D eigenvalue weighted by atomic mass is 79.9. The van der Waals surface area contributed by atoms with Crippen LogP contribution in [0.3, 0.4) is 0 Å². The molecule has 0 unspecified atom stereocenters. The van der Waals surface area contributed by atoms with Crippen molar-refractivity contribution in [2.75, 3.05) is 26.3 Å². The number of halogens is 1. The predicted molar refractivity (Wildman–Crippen MR) is 110 cm³/mol. The molecule has 0 aliphatic heterocycles. The molecule has 0 aliphatic carbocycles. The number of rotatable bonds is 10. The first-order chi connectivity index (χ1) is 12.2. The predicted octanol–water partition coefficient (Wildman–Crippen LogP) is 4.63. The molecule has 0 bridgehead atoms. The molecule has 0 radical (unpaired) electrons. The minimum Gasteiger partial charge on any atom is -0.492 e. The summed E-state index contributed by atoms with van der Waals surface area (Å²) in [6.07, 6.45) is 1.79. The van der Waals surface area contributed by atoms with Gasteiger partial charge in [-0.3, -0.25) is 0 Å². The van der Waals surface area contributed by atoms with Gasteiger partial charge in [-0.25, -0.2) is 4.79 Å². The number of carbonyl (C=O) groups excluding carboxylic acids is 1. The summed E-state index contributed by atoms with van der Waals surface area (Å²) in [5.74, 6) is 0.826. The van der Waals surface area contributed by atoms with E-state index in [0.29, 0.717) is 26.3 Å². The van der Waals surface area contributed by atoms with Crippen LogP contribution in [0.4, 0.5) is 4.79 Å². The van der Waals surface area contributed by atoms with Crippen molar-refractivity contribution in [1.29, 1.82) is 0 Å². The molecule has 6 heteroatoms. The Labute approximate surface area is 166 Å². The molecule has 148 valence electrons. The van der Waals surface area contributed by atoms with Crippen molar-refractivity contribution in [3.05, 3.63) is 28.2 Å². The molecule has 26 heavy (non-hydrogen) atoms. The summed E-state index contributed by atoms with van der Waals surface area (Å²) in [4.78, 5) is 11.6. The van der Waals surface area contributed by atoms with Crippen LogP contribution in [0.15, 0.2) is 22.7 Å². The highest BCUT2D eigenvalue weighted by molar-refractivity contribution is 9.10. The van der Waals surface area contributed by atoms with Crippen molar-refractivity contribution < 1.29 is 14.3 Å². The van der Waals surface area contributed by atoms with Gasteiger partial charge in [0.1, 0.15) is 5.75 Å². The van der Waals surface area contributed by atoms with Gasteiger partial charge in [0.2, 0.25) is 0 Å². The SMILES string of the molecule is CC(C)OCCCNC(=O)NCCCOc1ccc(C(C)(C)C)cc1Br. The largest absolute Gasteiger partial charge is 0.492 e. The van der Waals surface area contributed by atoms with Gasteiger partial charge in [-0.1, -0.05) is 26.8 Å². The smallest absolute Gasteiger partial charge is 0.314 e. The van der Waals surface area contributed by atoms with Gasteiger partial charge < -0.3 is 20.1 Å². The highest BCUT2D eigenvalue weighted by Crippen LogP contribution is 2.31. The van der Waals surface area contributed by atoms with Crippen LogP contribution < -0.4 is 15.4 Å². The van der Waals surface area contributed by atoms with Crippen LogP contribution in [0, 0.1) is 0 Å². The van der Waals surface area contributed by atoms with Crippen molar-refractivity contribution in [3.8, 4) is 5.75 Å². The summed E-state index contributed by atoms with van der Waals surface area (Å²) in [5, 5.41) is 5.65. The van der Waals surface area contributed by atoms with E-state index < -0.39 is 0 Å². The topological polar surface area (TPSA) is 59.6 Å². The fraction of sp³-hybridized carbons (Fsp3) is 0.650. The number of amides is 2. The van der Waals surface area contributed by atoms with E-state index >= 15 is 0 Å². The summed E-state index contributed by atoms with van der Waals surface area (Å²) in [7, 11) is 0. The number of nitrogens with one attached hydrogen (secondary N) is 2. The Morgan fingerprint density at radius 1 is 1.12 bits per heavy atom. The van der Waals surface area contributed by atoms with Crippen molar-refractivity contribution >= 4 is 22.0 Å². The first-order valence-corrected chi connectivity index (χ1v) is 10.1. The molecule has 0 heterocycles. The van der Waals surface area contributed by atoms with Gasteiger partial charge in [0.05, 0.1) is 17.2 Å². The molecular formula is C20H33BrN2O3. The maximum absolute atomic E-state index is 11.6. The molecule has 0 aliphatic rings. The quantitative estimate of drug-likeness (QED) is 0.534. The molecule has 5 nitrogen and oxygen atoms in total. The second kappa shape index (κ2) is 11.4. The number of benzene rings is 1. The van der Waals surface area contributed by atoms with Gasteiger partial charge in [-0.2, -0.15) is 0 Å². The molecule has 2 N–H and O–H groups in total. The number of hydrogen-bond acceptors (Lipinski definition) is 3. The van der Waals surface area contributed by atoms with E-state index in [0.717, 1.165) is 23.1 Å². The van der Waals surface area contributed by atoms with Crippen molar-refractivity contribution in [1.82, 2.24) is 10.6 Å². The Balaban J connectivity index is 2.16. The molecule has 0 spiro atoms. The standard InChI is InChI=1S/C20H33BrN2O3/c1-15(2)25-12-6-10-22-19(24)23-11-7-13-26-18-9-8-16(14-17(18)21)20(3,4)5/h8-9,14-15H,6-7,10-13H2,1-5H3,(H2,22,23,24). The van der Waals surface area contributed by atoms with Crippen LogP contribution >= 0.6 is 15.9 Å². The monoisotopic (exact) mass is 428 g/mol. The van der Waals surface area contributed by atoms with E-state index in [1.165, 1.54) is 5.56 Å². The molecule has 0 fully saturated rings. The average molecular weight is 429 g/mol. The molecule has 0 atom stereocenters. The van der Waals surface area contributed by atoms with E-state index in [9.17, 15) is 4.79 Å². The molecule has 2 amide bonds. The molecule has 0 saturated heterocycles. The zero-order valence-electron chi connectivity index (χ0n) is 16.7. The maximum Gasteiger partial charge on any atom is 0.314 e. The van der Waals surface area contributed by atoms with Crippen LogP contribution in [0.1, 0.15) is 53.0 Å². The fourth-order valence-corrected chi connectivity index (χ4v) is 2.69. The van der Waals surface area contributed by atoms with E-state index in [-0.39, 0.29) is 17.6 Å². The zero-order valence-corrected chi connectivity index (χ0v) is 18.2. The second-order valence-corrected chi connectivity index (χ2v) is 8.41. The zero-order chi connectivity index (χ0) is 19.6. The lowest BCUT2D eigenvalue weighted by Crippen LogP contribution is -2.37. The first kappa shape index (κ1) is 22.8. The average Bonchev–Trinajstić information content (AvgIpc) is 2.54. The first-order valence-electron chi connectivity index (χ1n) is 9.26. The number of urea groups is 1. The number of carbonyl (C=O) groups is 1. The summed E-state index contributed by atoms with van der Waals surface area (Å²) in [5.41, 5.74) is 1.37. The van der Waals surface area contributed by atoms with Crippen LogP contribution in [0.25, 0.3) is 0 Å². The number of ether oxygens (including phenoxy) is 2. The summed E-state index contributed by atoms with van der Waals surface area (Å²) in [6.45, 7) is 13.0. The second-order valence-electron chi connectivity index (χ2n) is 7.55. The maximum atomic E-state index is 11.6. The third kappa shape index (κ3) is 9.43. The minimum absolute atomic E-state index is 0.110. The van der Waals surface area contributed by atoms with Crippen LogP contribution in [0.5, 0.6) is 5.75 Å². The van der Waals surface area contributed by atoms with E-state index in [1.54, 1.807) is 0 Å². The summed E-state index contributed by atoms with van der Waals surface area (Å²) in [6, 6.07) is 6.04. The normalized spacial score (nSPS) is 11.5. The van der Waals surface area contributed by atoms with Gasteiger partial charge in [-0.05, 0) is 65.7 Å². The lowest BCUT2D eigenvalue weighted by atomic mass is 9.87. The van der Waals surface area contributed by atoms with Gasteiger partial charge >= 0.3 is 6.03 Å². The van der Waals surface area contributed by atoms with E-state index in [1.807, 2.05) is 19.9 Å². The molecule has 0 aromatic heterocycles. The molecule has 0 saturated carbocycles. The van der Waals surface area contributed by atoms with Gasteiger partial charge in [0.15, 0.2) is 0 Å². The van der Waals surface area contributed by atoms with Gasteiger partial charge in [0.25, 0.3) is 0 Å². The minimum atomic E-state index is -0.148. The van der Waals surface area contributed by atoms with E-state index in [2.05, 4.69) is 59.5 Å². The lowest BCUT2D eigenvalue weighted by molar-refractivity contribution is 0.0774. The van der Waals surface area contributed by atoms with Gasteiger partial charge in [0, 0.05) is 19.7 Å². The fourth-order valence-electron chi connectivity index (χ4n) is 2.20. The Morgan fingerprint density at radius 3 is 2.27 bits per heavy atom. The highest BCUT2D eigenvalue weighted by Gasteiger charge is 2.15. The Morgan fingerprint density at radius 2 is 1.73 bits per heavy atom. The van der Waals surface area contributed by atoms with Gasteiger partial charge in [-0.15, -0.1) is 0 Å². The van der Waals surface area contributed by atoms with Crippen molar-refractivity contribution in [2.24, 2.45) is 0 Å². The Kier molecular flexibility index (Phi) is 10.0. The van der Waals surface area contributed by atoms with E-state index in [4.69, 9.17) is 9.47 Å². The van der Waals surface area contributed by atoms with Crippen LogP contribution in [-0.2, 0) is 10.2 Å². The van der Waals surface area contributed by atoms with Crippen molar-refractivity contribution in [3.63, 3.8) is 0 Å². The Hall–Kier alpha value is -1.27. The molecule has 1 aromatic rings. The molecule has 1 rings (SSSR count). The Bertz CT molecular complexity index is 556. The van der Waals surface area contributed by atoms with Crippen LogP contribution in [0.2, 0.25) is 0 Å². The summed E-state index contributed by atoms with van der Waals surface area (Å²) < 4.78 is 12.2.